The molecule has 2 aromatic rings. The summed E-state index contributed by atoms with van der Waals surface area (Å²) in [5.41, 5.74) is 3.28. The van der Waals surface area contributed by atoms with Crippen LogP contribution in [0.1, 0.15) is 16.7 Å². The zero-order chi connectivity index (χ0) is 15.2. The number of allylic oxidation sites excluding steroid dienone is 1. The van der Waals surface area contributed by atoms with E-state index in [1.807, 2.05) is 18.2 Å². The molecular formula is C17H14ClIO2. The van der Waals surface area contributed by atoms with Crippen LogP contribution >= 0.6 is 34.2 Å². The number of benzene rings is 2. The molecule has 4 heteroatoms. The standard InChI is InChI=1S/C17H14ClIO2/c1-12-2-4-14(5-3-12)11-21-16-8-6-13(10-15(16)19)7-9-17(18)20/h2-10H,11H2,1H3/b9-7+. The molecule has 108 valence electrons. The highest BCUT2D eigenvalue weighted by Crippen LogP contribution is 2.23. The fourth-order valence-corrected chi connectivity index (χ4v) is 2.50. The van der Waals surface area contributed by atoms with Crippen molar-refractivity contribution in [1.29, 1.82) is 0 Å². The number of ether oxygens (including phenoxy) is 1. The first-order chi connectivity index (χ1) is 10.0. The third-order valence-electron chi connectivity index (χ3n) is 2.88. The van der Waals surface area contributed by atoms with Crippen LogP contribution in [0.15, 0.2) is 48.5 Å². The van der Waals surface area contributed by atoms with Crippen LogP contribution in [0.4, 0.5) is 0 Å². The fraction of sp³-hybridized carbons (Fsp3) is 0.118. The summed E-state index contributed by atoms with van der Waals surface area (Å²) in [5, 5.41) is -0.482. The second kappa shape index (κ2) is 7.61. The lowest BCUT2D eigenvalue weighted by Crippen LogP contribution is -1.97. The zero-order valence-corrected chi connectivity index (χ0v) is 14.4. The molecule has 0 saturated carbocycles. The van der Waals surface area contributed by atoms with Crippen LogP contribution in [-0.2, 0) is 11.4 Å². The van der Waals surface area contributed by atoms with Gasteiger partial charge in [0.25, 0.3) is 0 Å². The molecule has 0 saturated heterocycles. The number of rotatable bonds is 5. The highest BCUT2D eigenvalue weighted by atomic mass is 127. The van der Waals surface area contributed by atoms with Gasteiger partial charge in [-0.05, 0) is 70.5 Å². The molecule has 0 amide bonds. The molecule has 0 aliphatic heterocycles. The maximum Gasteiger partial charge on any atom is 0.245 e. The largest absolute Gasteiger partial charge is 0.488 e. The molecule has 0 spiro atoms. The van der Waals surface area contributed by atoms with Gasteiger partial charge in [-0.15, -0.1) is 0 Å². The molecule has 0 unspecified atom stereocenters. The van der Waals surface area contributed by atoms with E-state index >= 15 is 0 Å². The number of hydrogen-bond donors (Lipinski definition) is 0. The van der Waals surface area contributed by atoms with Gasteiger partial charge in [-0.2, -0.15) is 0 Å². The minimum absolute atomic E-state index is 0.482. The van der Waals surface area contributed by atoms with Crippen LogP contribution < -0.4 is 4.74 Å². The summed E-state index contributed by atoms with van der Waals surface area (Å²) in [6, 6.07) is 14.0. The van der Waals surface area contributed by atoms with Crippen molar-refractivity contribution >= 4 is 45.5 Å². The fourth-order valence-electron chi connectivity index (χ4n) is 1.74. The van der Waals surface area contributed by atoms with Gasteiger partial charge >= 0.3 is 0 Å². The Morgan fingerprint density at radius 2 is 1.95 bits per heavy atom. The quantitative estimate of drug-likeness (QED) is 0.394. The van der Waals surface area contributed by atoms with Crippen LogP contribution in [0.2, 0.25) is 0 Å². The second-order valence-electron chi connectivity index (χ2n) is 4.60. The molecule has 0 fully saturated rings. The maximum atomic E-state index is 10.7. The van der Waals surface area contributed by atoms with Crippen LogP contribution in [-0.4, -0.2) is 5.24 Å². The molecular weight excluding hydrogens is 399 g/mol. The predicted octanol–water partition coefficient (Wildman–Crippen LogP) is 4.96. The third kappa shape index (κ3) is 5.17. The van der Waals surface area contributed by atoms with Crippen LogP contribution in [0, 0.1) is 10.5 Å². The van der Waals surface area contributed by atoms with Crippen LogP contribution in [0.3, 0.4) is 0 Å². The Bertz CT molecular complexity index is 663. The van der Waals surface area contributed by atoms with E-state index in [2.05, 4.69) is 53.8 Å². The van der Waals surface area contributed by atoms with Crippen molar-refractivity contribution in [2.24, 2.45) is 0 Å². The Labute approximate surface area is 142 Å². The average Bonchev–Trinajstić information content (AvgIpc) is 2.46. The average molecular weight is 413 g/mol. The number of halogens is 2. The van der Waals surface area contributed by atoms with Crippen molar-refractivity contribution in [3.63, 3.8) is 0 Å². The van der Waals surface area contributed by atoms with Crippen molar-refractivity contribution in [2.75, 3.05) is 0 Å². The van der Waals surface area contributed by atoms with Gasteiger partial charge in [-0.1, -0.05) is 42.0 Å². The summed E-state index contributed by atoms with van der Waals surface area (Å²) in [4.78, 5) is 10.7. The summed E-state index contributed by atoms with van der Waals surface area (Å²) in [6.07, 6.45) is 3.01. The summed E-state index contributed by atoms with van der Waals surface area (Å²) in [5.74, 6) is 0.825. The first-order valence-electron chi connectivity index (χ1n) is 6.40. The van der Waals surface area contributed by atoms with Crippen LogP contribution in [0.5, 0.6) is 5.75 Å². The monoisotopic (exact) mass is 412 g/mol. The van der Waals surface area contributed by atoms with Gasteiger partial charge < -0.3 is 4.74 Å². The summed E-state index contributed by atoms with van der Waals surface area (Å²) in [6.45, 7) is 2.59. The maximum absolute atomic E-state index is 10.7. The van der Waals surface area contributed by atoms with E-state index < -0.39 is 5.24 Å². The van der Waals surface area contributed by atoms with Crippen molar-refractivity contribution < 1.29 is 9.53 Å². The molecule has 21 heavy (non-hydrogen) atoms. The van der Waals surface area contributed by atoms with Gasteiger partial charge in [0.2, 0.25) is 5.24 Å². The molecule has 0 N–H and O–H groups in total. The second-order valence-corrected chi connectivity index (χ2v) is 6.14. The summed E-state index contributed by atoms with van der Waals surface area (Å²) in [7, 11) is 0. The molecule has 2 rings (SSSR count). The highest BCUT2D eigenvalue weighted by Gasteiger charge is 2.02. The number of hydrogen-bond acceptors (Lipinski definition) is 2. The van der Waals surface area contributed by atoms with Gasteiger partial charge in [0.15, 0.2) is 0 Å². The zero-order valence-electron chi connectivity index (χ0n) is 11.5. The van der Waals surface area contributed by atoms with Gasteiger partial charge in [-0.3, -0.25) is 4.79 Å². The van der Waals surface area contributed by atoms with E-state index in [1.54, 1.807) is 6.08 Å². The number of carbonyl (C=O) groups excluding carboxylic acids is 1. The van der Waals surface area contributed by atoms with Gasteiger partial charge in [0.05, 0.1) is 3.57 Å². The van der Waals surface area contributed by atoms with E-state index in [-0.39, 0.29) is 0 Å². The lowest BCUT2D eigenvalue weighted by molar-refractivity contribution is -0.107. The lowest BCUT2D eigenvalue weighted by Gasteiger charge is -2.09. The Morgan fingerprint density at radius 3 is 2.57 bits per heavy atom. The Hall–Kier alpha value is -1.33. The van der Waals surface area contributed by atoms with E-state index in [0.717, 1.165) is 20.4 Å². The summed E-state index contributed by atoms with van der Waals surface area (Å²) >= 11 is 7.49. The SMILES string of the molecule is Cc1ccc(COc2ccc(/C=C/C(=O)Cl)cc2I)cc1. The molecule has 0 radical (unpaired) electrons. The molecule has 0 aliphatic carbocycles. The van der Waals surface area contributed by atoms with E-state index in [4.69, 9.17) is 16.3 Å². The van der Waals surface area contributed by atoms with E-state index in [1.165, 1.54) is 11.6 Å². The van der Waals surface area contributed by atoms with Gasteiger partial charge in [0.1, 0.15) is 12.4 Å². The smallest absolute Gasteiger partial charge is 0.245 e. The van der Waals surface area contributed by atoms with Crippen LogP contribution in [0.25, 0.3) is 6.08 Å². The Kier molecular flexibility index (Phi) is 5.82. The number of aryl methyl sites for hydroxylation is 1. The van der Waals surface area contributed by atoms with E-state index in [9.17, 15) is 4.79 Å². The Balaban J connectivity index is 2.04. The van der Waals surface area contributed by atoms with E-state index in [0.29, 0.717) is 6.61 Å². The topological polar surface area (TPSA) is 26.3 Å². The molecule has 0 heterocycles. The normalized spacial score (nSPS) is 10.8. The molecule has 0 bridgehead atoms. The van der Waals surface area contributed by atoms with Gasteiger partial charge in [-0.25, -0.2) is 0 Å². The van der Waals surface area contributed by atoms with Gasteiger partial charge in [0, 0.05) is 0 Å². The first-order valence-corrected chi connectivity index (χ1v) is 7.86. The van der Waals surface area contributed by atoms with Crippen molar-refractivity contribution in [1.82, 2.24) is 0 Å². The molecule has 2 aromatic carbocycles. The predicted molar refractivity (Wildman–Crippen MR) is 94.6 cm³/mol. The Morgan fingerprint density at radius 1 is 1.24 bits per heavy atom. The minimum Gasteiger partial charge on any atom is -0.488 e. The molecule has 0 aromatic heterocycles. The van der Waals surface area contributed by atoms with Crippen molar-refractivity contribution in [3.8, 4) is 5.75 Å². The third-order valence-corrected chi connectivity index (χ3v) is 3.85. The minimum atomic E-state index is -0.482. The number of carbonyl (C=O) groups is 1. The van der Waals surface area contributed by atoms with Crippen molar-refractivity contribution in [2.45, 2.75) is 13.5 Å². The lowest BCUT2D eigenvalue weighted by atomic mass is 10.2. The molecule has 2 nitrogen and oxygen atoms in total. The molecule has 0 atom stereocenters. The highest BCUT2D eigenvalue weighted by molar-refractivity contribution is 14.1. The van der Waals surface area contributed by atoms with Crippen molar-refractivity contribution in [3.05, 3.63) is 68.8 Å². The first kappa shape index (κ1) is 16.0. The summed E-state index contributed by atoms with van der Waals surface area (Å²) < 4.78 is 6.81. The molecule has 0 aliphatic rings.